The van der Waals surface area contributed by atoms with Gasteiger partial charge < -0.3 is 9.88 Å². The van der Waals surface area contributed by atoms with Crippen molar-refractivity contribution in [2.75, 3.05) is 7.05 Å². The van der Waals surface area contributed by atoms with E-state index >= 15 is 0 Å². The SMILES string of the molecule is Cc1nn2cc1-c1c[nH]c3ncc(nc13)-c1cn(C)nc1CN(C)C(=O)CCC2. The van der Waals surface area contributed by atoms with Crippen molar-refractivity contribution in [2.45, 2.75) is 32.9 Å². The molecule has 0 unspecified atom stereocenters. The number of aromatic amines is 1. The van der Waals surface area contributed by atoms with E-state index in [0.29, 0.717) is 19.5 Å². The molecule has 1 aliphatic heterocycles. The minimum absolute atomic E-state index is 0.0913. The molecule has 9 heteroatoms. The predicted octanol–water partition coefficient (Wildman–Crippen LogP) is 2.28. The van der Waals surface area contributed by atoms with E-state index in [-0.39, 0.29) is 5.91 Å². The van der Waals surface area contributed by atoms with Gasteiger partial charge >= 0.3 is 0 Å². The smallest absolute Gasteiger partial charge is 0.222 e. The molecule has 1 N–H and O–H groups in total. The van der Waals surface area contributed by atoms with Gasteiger partial charge in [0.1, 0.15) is 5.52 Å². The van der Waals surface area contributed by atoms with Crippen molar-refractivity contribution in [1.82, 2.24) is 39.4 Å². The Morgan fingerprint density at radius 1 is 1.10 bits per heavy atom. The molecule has 1 aliphatic rings. The molecule has 148 valence electrons. The Labute approximate surface area is 167 Å². The zero-order valence-electron chi connectivity index (χ0n) is 16.7. The Bertz CT molecular complexity index is 1230. The van der Waals surface area contributed by atoms with E-state index in [1.807, 2.05) is 44.3 Å². The lowest BCUT2D eigenvalue weighted by molar-refractivity contribution is -0.130. The molecular formula is C20H22N8O. The minimum atomic E-state index is 0.0913. The molecule has 1 amide bonds. The van der Waals surface area contributed by atoms with Crippen LogP contribution in [0.2, 0.25) is 0 Å². The molecule has 0 aromatic carbocycles. The molecule has 29 heavy (non-hydrogen) atoms. The molecule has 0 fully saturated rings. The molecule has 9 nitrogen and oxygen atoms in total. The molecule has 5 heterocycles. The second-order valence-corrected chi connectivity index (χ2v) is 7.56. The van der Waals surface area contributed by atoms with Crippen LogP contribution in [0.15, 0.2) is 24.8 Å². The average molecular weight is 390 g/mol. The largest absolute Gasteiger partial charge is 0.344 e. The van der Waals surface area contributed by atoms with Crippen LogP contribution in [-0.4, -0.2) is 52.4 Å². The zero-order chi connectivity index (χ0) is 20.1. The maximum atomic E-state index is 12.6. The molecule has 4 aromatic rings. The molecule has 0 saturated heterocycles. The first kappa shape index (κ1) is 17.6. The number of carbonyl (C=O) groups is 1. The molecule has 0 radical (unpaired) electrons. The topological polar surface area (TPSA) is 97.5 Å². The van der Waals surface area contributed by atoms with E-state index in [1.165, 1.54) is 0 Å². The monoisotopic (exact) mass is 390 g/mol. The van der Waals surface area contributed by atoms with Crippen molar-refractivity contribution in [3.63, 3.8) is 0 Å². The number of H-pyrrole nitrogens is 1. The zero-order valence-corrected chi connectivity index (χ0v) is 16.7. The average Bonchev–Trinajstić information content (AvgIpc) is 3.37. The Kier molecular flexibility index (Phi) is 3.97. The second kappa shape index (κ2) is 6.54. The fraction of sp³-hybridized carbons (Fsp3) is 0.350. The summed E-state index contributed by atoms with van der Waals surface area (Å²) in [6, 6.07) is 0. The highest BCUT2D eigenvalue weighted by Gasteiger charge is 2.20. The van der Waals surface area contributed by atoms with Crippen LogP contribution in [-0.2, 0) is 24.9 Å². The lowest BCUT2D eigenvalue weighted by Crippen LogP contribution is -2.26. The van der Waals surface area contributed by atoms with Crippen molar-refractivity contribution in [1.29, 1.82) is 0 Å². The number of hydrogen-bond donors (Lipinski definition) is 1. The van der Waals surface area contributed by atoms with Crippen LogP contribution < -0.4 is 0 Å². The van der Waals surface area contributed by atoms with Gasteiger partial charge in [-0.15, -0.1) is 0 Å². The first-order valence-corrected chi connectivity index (χ1v) is 9.65. The summed E-state index contributed by atoms with van der Waals surface area (Å²) in [4.78, 5) is 27.0. The van der Waals surface area contributed by atoms with Gasteiger partial charge in [0.2, 0.25) is 5.91 Å². The first-order valence-electron chi connectivity index (χ1n) is 9.65. The molecule has 0 spiro atoms. The predicted molar refractivity (Wildman–Crippen MR) is 108 cm³/mol. The Hall–Kier alpha value is -3.49. The number of nitrogens with zero attached hydrogens (tertiary/aromatic N) is 7. The molecule has 4 bridgehead atoms. The molecule has 5 rings (SSSR count). The normalized spacial score (nSPS) is 14.9. The van der Waals surface area contributed by atoms with Crippen LogP contribution in [0.4, 0.5) is 0 Å². The van der Waals surface area contributed by atoms with E-state index in [9.17, 15) is 4.79 Å². The summed E-state index contributed by atoms with van der Waals surface area (Å²) in [5.41, 5.74) is 6.90. The fourth-order valence-corrected chi connectivity index (χ4v) is 3.88. The number of amides is 1. The second-order valence-electron chi connectivity index (χ2n) is 7.56. The summed E-state index contributed by atoms with van der Waals surface area (Å²) in [5, 5.41) is 9.20. The van der Waals surface area contributed by atoms with E-state index in [0.717, 1.165) is 51.4 Å². The van der Waals surface area contributed by atoms with Gasteiger partial charge in [-0.25, -0.2) is 9.97 Å². The summed E-state index contributed by atoms with van der Waals surface area (Å²) in [5.74, 6) is 0.0913. The maximum absolute atomic E-state index is 12.6. The Morgan fingerprint density at radius 2 is 1.97 bits per heavy atom. The number of fused-ring (bicyclic) bond motifs is 6. The Morgan fingerprint density at radius 3 is 2.83 bits per heavy atom. The molecule has 0 atom stereocenters. The minimum Gasteiger partial charge on any atom is -0.344 e. The van der Waals surface area contributed by atoms with Gasteiger partial charge in [-0.1, -0.05) is 0 Å². The van der Waals surface area contributed by atoms with Crippen LogP contribution in [0, 0.1) is 6.92 Å². The highest BCUT2D eigenvalue weighted by Crippen LogP contribution is 2.31. The Balaban J connectivity index is 1.73. The number of nitrogens with one attached hydrogen (secondary N) is 1. The number of aryl methyl sites for hydroxylation is 3. The van der Waals surface area contributed by atoms with Gasteiger partial charge in [-0.05, 0) is 13.3 Å². The van der Waals surface area contributed by atoms with Gasteiger partial charge in [0.05, 0.1) is 29.8 Å². The summed E-state index contributed by atoms with van der Waals surface area (Å²) < 4.78 is 3.66. The third kappa shape index (κ3) is 2.98. The summed E-state index contributed by atoms with van der Waals surface area (Å²) in [6.07, 6.45) is 8.83. The quantitative estimate of drug-likeness (QED) is 0.497. The highest BCUT2D eigenvalue weighted by molar-refractivity contribution is 5.92. The van der Waals surface area contributed by atoms with Crippen LogP contribution in [0.25, 0.3) is 33.5 Å². The van der Waals surface area contributed by atoms with Crippen LogP contribution >= 0.6 is 0 Å². The van der Waals surface area contributed by atoms with Crippen molar-refractivity contribution in [3.8, 4) is 22.4 Å². The van der Waals surface area contributed by atoms with Crippen LogP contribution in [0.1, 0.15) is 24.2 Å². The summed E-state index contributed by atoms with van der Waals surface area (Å²) in [7, 11) is 3.69. The molecule has 0 saturated carbocycles. The molecular weight excluding hydrogens is 368 g/mol. The van der Waals surface area contributed by atoms with Gasteiger partial charge in [0, 0.05) is 62.3 Å². The number of carbonyl (C=O) groups excluding carboxylic acids is 1. The third-order valence-electron chi connectivity index (χ3n) is 5.39. The third-order valence-corrected chi connectivity index (χ3v) is 5.39. The van der Waals surface area contributed by atoms with E-state index in [1.54, 1.807) is 15.8 Å². The van der Waals surface area contributed by atoms with Gasteiger partial charge in [0.15, 0.2) is 5.65 Å². The van der Waals surface area contributed by atoms with Crippen molar-refractivity contribution in [2.24, 2.45) is 7.05 Å². The highest BCUT2D eigenvalue weighted by atomic mass is 16.2. The van der Waals surface area contributed by atoms with E-state index in [2.05, 4.69) is 20.2 Å². The van der Waals surface area contributed by atoms with Crippen molar-refractivity contribution >= 4 is 17.1 Å². The number of rotatable bonds is 0. The molecule has 0 aliphatic carbocycles. The maximum Gasteiger partial charge on any atom is 0.222 e. The van der Waals surface area contributed by atoms with E-state index in [4.69, 9.17) is 4.98 Å². The van der Waals surface area contributed by atoms with E-state index < -0.39 is 0 Å². The summed E-state index contributed by atoms with van der Waals surface area (Å²) >= 11 is 0. The van der Waals surface area contributed by atoms with Crippen LogP contribution in [0.5, 0.6) is 0 Å². The summed E-state index contributed by atoms with van der Waals surface area (Å²) in [6.45, 7) is 3.11. The van der Waals surface area contributed by atoms with Crippen LogP contribution in [0.3, 0.4) is 0 Å². The standard InChI is InChI=1S/C20H22N8O/c1-12-14-10-28(24-12)6-4-5-18(29)26(2)11-17-15(9-27(3)25-17)16-8-22-20-19(23-16)13(14)7-21-20/h7-10H,4-6,11H2,1-3H3,(H,21,22). The van der Waals surface area contributed by atoms with Crippen molar-refractivity contribution < 1.29 is 4.79 Å². The number of aromatic nitrogens is 7. The van der Waals surface area contributed by atoms with Gasteiger partial charge in [-0.2, -0.15) is 10.2 Å². The lowest BCUT2D eigenvalue weighted by atomic mass is 10.1. The van der Waals surface area contributed by atoms with Crippen molar-refractivity contribution in [3.05, 3.63) is 36.2 Å². The van der Waals surface area contributed by atoms with Gasteiger partial charge in [0.25, 0.3) is 0 Å². The van der Waals surface area contributed by atoms with Gasteiger partial charge in [-0.3, -0.25) is 14.2 Å². The lowest BCUT2D eigenvalue weighted by Gasteiger charge is -2.16. The molecule has 4 aromatic heterocycles. The fourth-order valence-electron chi connectivity index (χ4n) is 3.88. The first-order chi connectivity index (χ1) is 14.0. The number of hydrogen-bond acceptors (Lipinski definition) is 5.